The zero-order valence-electron chi connectivity index (χ0n) is 15.1. The van der Waals surface area contributed by atoms with Gasteiger partial charge < -0.3 is 14.9 Å². The van der Waals surface area contributed by atoms with Crippen molar-refractivity contribution in [3.63, 3.8) is 0 Å². The number of Topliss-reactive ketones (excluding diaryl/α,β-unsaturated/α-hetero) is 1. The van der Waals surface area contributed by atoms with Crippen LogP contribution in [0.4, 0.5) is 0 Å². The first-order valence-corrected chi connectivity index (χ1v) is 8.18. The van der Waals surface area contributed by atoms with E-state index < -0.39 is 17.5 Å². The Morgan fingerprint density at radius 1 is 1.50 bits per heavy atom. The molecule has 0 unspecified atom stereocenters. The van der Waals surface area contributed by atoms with Crippen LogP contribution in [-0.4, -0.2) is 41.3 Å². The molecule has 1 rings (SSSR count). The van der Waals surface area contributed by atoms with Crippen molar-refractivity contribution >= 4 is 11.8 Å². The van der Waals surface area contributed by atoms with Gasteiger partial charge in [-0.2, -0.15) is 0 Å². The second-order valence-electron chi connectivity index (χ2n) is 6.65. The third kappa shape index (κ3) is 4.65. The van der Waals surface area contributed by atoms with Crippen LogP contribution in [0, 0.1) is 5.41 Å². The number of esters is 1. The highest BCUT2D eigenvalue weighted by Crippen LogP contribution is 2.41. The largest absolute Gasteiger partial charge is 0.468 e. The van der Waals surface area contributed by atoms with Gasteiger partial charge in [-0.15, -0.1) is 0 Å². The van der Waals surface area contributed by atoms with Crippen molar-refractivity contribution < 1.29 is 24.5 Å². The molecule has 3 atom stereocenters. The third-order valence-corrected chi connectivity index (χ3v) is 4.47. The molecule has 0 aliphatic heterocycles. The molecule has 5 heteroatoms. The van der Waals surface area contributed by atoms with Crippen molar-refractivity contribution in [1.29, 1.82) is 0 Å². The van der Waals surface area contributed by atoms with Crippen molar-refractivity contribution in [1.82, 2.24) is 0 Å². The van der Waals surface area contributed by atoms with Crippen LogP contribution in [-0.2, 0) is 14.3 Å². The van der Waals surface area contributed by atoms with Crippen LogP contribution in [0.5, 0.6) is 0 Å². The van der Waals surface area contributed by atoms with Gasteiger partial charge in [0.15, 0.2) is 5.78 Å². The second kappa shape index (κ2) is 8.40. The van der Waals surface area contributed by atoms with Gasteiger partial charge in [0.2, 0.25) is 0 Å². The zero-order valence-corrected chi connectivity index (χ0v) is 15.1. The number of carbonyl (C=O) groups excluding carboxylic acids is 2. The van der Waals surface area contributed by atoms with E-state index in [1.54, 1.807) is 26.8 Å². The summed E-state index contributed by atoms with van der Waals surface area (Å²) < 4.78 is 4.88. The van der Waals surface area contributed by atoms with E-state index >= 15 is 0 Å². The van der Waals surface area contributed by atoms with E-state index in [9.17, 15) is 19.8 Å². The molecule has 0 spiro atoms. The number of aliphatic hydroxyl groups excluding tert-OH is 2. The minimum atomic E-state index is -1.19. The van der Waals surface area contributed by atoms with Gasteiger partial charge in [-0.25, -0.2) is 0 Å². The highest BCUT2D eigenvalue weighted by atomic mass is 16.5. The Labute approximate surface area is 143 Å². The number of rotatable bonds is 6. The summed E-state index contributed by atoms with van der Waals surface area (Å²) >= 11 is 0. The quantitative estimate of drug-likeness (QED) is 0.575. The lowest BCUT2D eigenvalue weighted by atomic mass is 9.69. The molecule has 0 aromatic rings. The molecule has 0 aromatic heterocycles. The lowest BCUT2D eigenvalue weighted by Gasteiger charge is -2.35. The number of hydrogen-bond donors (Lipinski definition) is 2. The van der Waals surface area contributed by atoms with Crippen molar-refractivity contribution in [2.45, 2.75) is 59.2 Å². The van der Waals surface area contributed by atoms with Gasteiger partial charge in [-0.1, -0.05) is 23.8 Å². The number of aliphatic hydroxyl groups is 2. The molecule has 24 heavy (non-hydrogen) atoms. The van der Waals surface area contributed by atoms with Gasteiger partial charge in [0.1, 0.15) is 6.10 Å². The van der Waals surface area contributed by atoms with Gasteiger partial charge in [0, 0.05) is 6.42 Å². The van der Waals surface area contributed by atoms with Crippen LogP contribution in [0.2, 0.25) is 0 Å². The number of allylic oxidation sites excluding steroid dienone is 4. The van der Waals surface area contributed by atoms with E-state index in [4.69, 9.17) is 4.74 Å². The molecule has 0 fully saturated rings. The molecule has 0 heterocycles. The van der Waals surface area contributed by atoms with Crippen LogP contribution in [0.3, 0.4) is 0 Å². The highest BCUT2D eigenvalue weighted by Gasteiger charge is 2.46. The van der Waals surface area contributed by atoms with Crippen LogP contribution >= 0.6 is 0 Å². The molecular weight excluding hydrogens is 308 g/mol. The molecule has 1 aliphatic carbocycles. The van der Waals surface area contributed by atoms with E-state index in [-0.39, 0.29) is 18.3 Å². The van der Waals surface area contributed by atoms with Crippen LogP contribution in [0.1, 0.15) is 47.0 Å². The number of ketones is 1. The summed E-state index contributed by atoms with van der Waals surface area (Å²) in [6.45, 7) is 6.97. The fourth-order valence-electron chi connectivity index (χ4n) is 2.95. The predicted octanol–water partition coefficient (Wildman–Crippen LogP) is 2.48. The van der Waals surface area contributed by atoms with Gasteiger partial charge in [-0.05, 0) is 51.7 Å². The van der Waals surface area contributed by atoms with Crippen molar-refractivity contribution in [2.75, 3.05) is 7.11 Å². The Kier molecular flexibility index (Phi) is 7.11. The van der Waals surface area contributed by atoms with Gasteiger partial charge in [-0.3, -0.25) is 9.59 Å². The van der Waals surface area contributed by atoms with Gasteiger partial charge in [0.05, 0.1) is 18.6 Å². The first-order chi connectivity index (χ1) is 11.1. The van der Waals surface area contributed by atoms with E-state index in [2.05, 4.69) is 0 Å². The molecule has 1 aliphatic rings. The molecule has 0 saturated heterocycles. The van der Waals surface area contributed by atoms with Crippen LogP contribution in [0.25, 0.3) is 0 Å². The highest BCUT2D eigenvalue weighted by molar-refractivity contribution is 6.03. The molecule has 5 nitrogen and oxygen atoms in total. The van der Waals surface area contributed by atoms with Crippen molar-refractivity contribution in [2.24, 2.45) is 5.41 Å². The van der Waals surface area contributed by atoms with Gasteiger partial charge >= 0.3 is 5.97 Å². The van der Waals surface area contributed by atoms with Crippen LogP contribution in [0.15, 0.2) is 34.9 Å². The smallest absolute Gasteiger partial charge is 0.316 e. The Morgan fingerprint density at radius 3 is 2.67 bits per heavy atom. The third-order valence-electron chi connectivity index (χ3n) is 4.47. The van der Waals surface area contributed by atoms with Crippen LogP contribution < -0.4 is 0 Å². The molecule has 134 valence electrons. The first kappa shape index (κ1) is 20.3. The molecule has 0 radical (unpaired) electrons. The number of carbonyl (C=O) groups is 2. The maximum absolute atomic E-state index is 12.2. The normalized spacial score (nSPS) is 26.9. The SMILES string of the molecule is COC(=O)[C@@]1(C)C[C@@H](O)C(=O)C(C)=C1/C=C/C(C)=C\CC[C@@H](C)O. The van der Waals surface area contributed by atoms with E-state index in [1.165, 1.54) is 7.11 Å². The summed E-state index contributed by atoms with van der Waals surface area (Å²) in [5, 5.41) is 19.2. The minimum Gasteiger partial charge on any atom is -0.468 e. The molecule has 0 amide bonds. The maximum Gasteiger partial charge on any atom is 0.316 e. The Bertz CT molecular complexity index is 583. The Balaban J connectivity index is 3.13. The molecular formula is C19H28O5. The summed E-state index contributed by atoms with van der Waals surface area (Å²) in [5.41, 5.74) is 0.882. The van der Waals surface area contributed by atoms with Crippen molar-refractivity contribution in [3.05, 3.63) is 34.9 Å². The minimum absolute atomic E-state index is 0.0142. The topological polar surface area (TPSA) is 83.8 Å². The number of methoxy groups -OCH3 is 1. The Hall–Kier alpha value is -1.72. The predicted molar refractivity (Wildman–Crippen MR) is 92.3 cm³/mol. The fraction of sp³-hybridized carbons (Fsp3) is 0.579. The molecule has 2 N–H and O–H groups in total. The summed E-state index contributed by atoms with van der Waals surface area (Å²) in [5.74, 6) is -0.824. The fourth-order valence-corrected chi connectivity index (χ4v) is 2.95. The van der Waals surface area contributed by atoms with Crippen molar-refractivity contribution in [3.8, 4) is 0 Å². The average molecular weight is 336 g/mol. The summed E-state index contributed by atoms with van der Waals surface area (Å²) in [6.07, 6.45) is 5.50. The Morgan fingerprint density at radius 2 is 2.12 bits per heavy atom. The summed E-state index contributed by atoms with van der Waals surface area (Å²) in [7, 11) is 1.30. The molecule has 0 saturated carbocycles. The lowest BCUT2D eigenvalue weighted by molar-refractivity contribution is -0.152. The summed E-state index contributed by atoms with van der Waals surface area (Å²) in [6, 6.07) is 0. The summed E-state index contributed by atoms with van der Waals surface area (Å²) in [4.78, 5) is 24.3. The van der Waals surface area contributed by atoms with E-state index in [1.807, 2.05) is 19.1 Å². The molecule has 0 aromatic carbocycles. The second-order valence-corrected chi connectivity index (χ2v) is 6.65. The number of ether oxygens (including phenoxy) is 1. The average Bonchev–Trinajstić information content (AvgIpc) is 2.51. The number of hydrogen-bond acceptors (Lipinski definition) is 5. The monoisotopic (exact) mass is 336 g/mol. The first-order valence-electron chi connectivity index (χ1n) is 8.18. The molecule has 0 bridgehead atoms. The standard InChI is InChI=1S/C19H28O5/c1-12(7-6-8-13(2)20)9-10-15-14(3)17(22)16(21)11-19(15,4)18(23)24-5/h7,9-10,13,16,20-21H,6,8,11H2,1-5H3/b10-9+,12-7-/t13-,16-,19+/m1/s1. The van der Waals surface area contributed by atoms with Gasteiger partial charge in [0.25, 0.3) is 0 Å². The maximum atomic E-state index is 12.2. The zero-order chi connectivity index (χ0) is 18.5. The van der Waals surface area contributed by atoms with E-state index in [0.29, 0.717) is 17.6 Å². The lowest BCUT2D eigenvalue weighted by Crippen LogP contribution is -2.42. The van der Waals surface area contributed by atoms with E-state index in [0.717, 1.165) is 12.0 Å².